The number of nitriles is 1. The maximum Gasteiger partial charge on any atom is 0.410 e. The fourth-order valence-corrected chi connectivity index (χ4v) is 2.62. The van der Waals surface area contributed by atoms with E-state index in [0.717, 1.165) is 5.56 Å². The zero-order chi connectivity index (χ0) is 17.5. The molecular formula is C19H28N2O2. The minimum absolute atomic E-state index is 0.290. The molecule has 0 bridgehead atoms. The average molecular weight is 316 g/mol. The summed E-state index contributed by atoms with van der Waals surface area (Å²) in [6.07, 6.45) is 1.00. The molecule has 1 aliphatic heterocycles. The summed E-state index contributed by atoms with van der Waals surface area (Å²) in [6.45, 7) is 10.7. The summed E-state index contributed by atoms with van der Waals surface area (Å²) in [5.74, 6) is 0. The highest BCUT2D eigenvalue weighted by Gasteiger charge is 2.38. The fourth-order valence-electron chi connectivity index (χ4n) is 2.62. The van der Waals surface area contributed by atoms with Gasteiger partial charge in [0, 0.05) is 13.1 Å². The molecule has 4 nitrogen and oxygen atoms in total. The normalized spacial score (nSPS) is 16.6. The molecule has 1 fully saturated rings. The molecule has 0 spiro atoms. The van der Waals surface area contributed by atoms with E-state index in [9.17, 15) is 10.1 Å². The van der Waals surface area contributed by atoms with Gasteiger partial charge in [-0.25, -0.2) is 4.79 Å². The van der Waals surface area contributed by atoms with Crippen LogP contribution in [0, 0.1) is 11.3 Å². The van der Waals surface area contributed by atoms with Crippen LogP contribution in [0.15, 0.2) is 30.3 Å². The van der Waals surface area contributed by atoms with Gasteiger partial charge in [-0.2, -0.15) is 5.26 Å². The predicted molar refractivity (Wildman–Crippen MR) is 92.1 cm³/mol. The third kappa shape index (κ3) is 4.99. The lowest BCUT2D eigenvalue weighted by Crippen LogP contribution is -2.46. The first-order valence-electron chi connectivity index (χ1n) is 8.31. The molecule has 2 rings (SSSR count). The van der Waals surface area contributed by atoms with Crippen LogP contribution in [0.25, 0.3) is 0 Å². The first kappa shape index (κ1) is 19.0. The molecule has 0 aromatic heterocycles. The Hall–Kier alpha value is -2.02. The molecule has 1 aliphatic rings. The van der Waals surface area contributed by atoms with Crippen molar-refractivity contribution in [3.63, 3.8) is 0 Å². The van der Waals surface area contributed by atoms with Crippen molar-refractivity contribution in [2.45, 2.75) is 58.5 Å². The largest absolute Gasteiger partial charge is 0.444 e. The summed E-state index contributed by atoms with van der Waals surface area (Å²) in [4.78, 5) is 13.8. The molecule has 1 aromatic carbocycles. The van der Waals surface area contributed by atoms with Crippen LogP contribution in [0.3, 0.4) is 0 Å². The predicted octanol–water partition coefficient (Wildman–Crippen LogP) is 4.51. The monoisotopic (exact) mass is 316 g/mol. The highest BCUT2D eigenvalue weighted by atomic mass is 16.6. The van der Waals surface area contributed by atoms with Gasteiger partial charge >= 0.3 is 6.09 Å². The van der Waals surface area contributed by atoms with E-state index in [1.807, 2.05) is 65.0 Å². The quantitative estimate of drug-likeness (QED) is 0.766. The number of hydrogen-bond donors (Lipinski definition) is 0. The lowest BCUT2D eigenvalue weighted by molar-refractivity contribution is 0.0185. The number of amides is 1. The van der Waals surface area contributed by atoms with Crippen molar-refractivity contribution in [3.8, 4) is 6.07 Å². The highest BCUT2D eigenvalue weighted by molar-refractivity contribution is 5.68. The second-order valence-corrected chi connectivity index (χ2v) is 6.53. The van der Waals surface area contributed by atoms with Crippen molar-refractivity contribution in [3.05, 3.63) is 35.9 Å². The molecule has 0 atom stereocenters. The molecule has 23 heavy (non-hydrogen) atoms. The second-order valence-electron chi connectivity index (χ2n) is 6.53. The van der Waals surface area contributed by atoms with E-state index in [-0.39, 0.29) is 6.09 Å². The van der Waals surface area contributed by atoms with Crippen LogP contribution in [-0.4, -0.2) is 29.7 Å². The Labute approximate surface area is 140 Å². The van der Waals surface area contributed by atoms with Crippen LogP contribution in [0.2, 0.25) is 0 Å². The summed E-state index contributed by atoms with van der Waals surface area (Å²) < 4.78 is 5.39. The standard InChI is InChI=1S/C17H22N2O2.C2H6/c1-16(2,3)21-15(20)19-11-9-17(13-18,10-12-19)14-7-5-4-6-8-14;1-2/h4-8H,9-12H2,1-3H3;1-2H3. The number of ether oxygens (including phenoxy) is 1. The first-order chi connectivity index (χ1) is 10.9. The van der Waals surface area contributed by atoms with Crippen LogP contribution in [0.5, 0.6) is 0 Å². The Morgan fingerprint density at radius 2 is 1.70 bits per heavy atom. The van der Waals surface area contributed by atoms with E-state index in [2.05, 4.69) is 6.07 Å². The van der Waals surface area contributed by atoms with Gasteiger partial charge in [-0.15, -0.1) is 0 Å². The van der Waals surface area contributed by atoms with E-state index >= 15 is 0 Å². The number of hydrogen-bond acceptors (Lipinski definition) is 3. The Morgan fingerprint density at radius 1 is 1.17 bits per heavy atom. The van der Waals surface area contributed by atoms with Crippen molar-refractivity contribution in [2.24, 2.45) is 0 Å². The summed E-state index contributed by atoms with van der Waals surface area (Å²) in [7, 11) is 0. The summed E-state index contributed by atoms with van der Waals surface area (Å²) in [5.41, 5.74) is 0.0661. The minimum Gasteiger partial charge on any atom is -0.444 e. The highest BCUT2D eigenvalue weighted by Crippen LogP contribution is 2.35. The molecule has 0 N–H and O–H groups in total. The number of likely N-dealkylation sites (tertiary alicyclic amines) is 1. The number of piperidine rings is 1. The fraction of sp³-hybridized carbons (Fsp3) is 0.579. The molecule has 0 radical (unpaired) electrons. The maximum atomic E-state index is 12.1. The van der Waals surface area contributed by atoms with Gasteiger partial charge in [0.15, 0.2) is 0 Å². The minimum atomic E-state index is -0.486. The lowest BCUT2D eigenvalue weighted by Gasteiger charge is -2.38. The summed E-state index contributed by atoms with van der Waals surface area (Å²) in [6, 6.07) is 12.3. The van der Waals surface area contributed by atoms with Gasteiger partial charge in [-0.3, -0.25) is 0 Å². The zero-order valence-electron chi connectivity index (χ0n) is 14.9. The number of carbonyl (C=O) groups excluding carboxylic acids is 1. The van der Waals surface area contributed by atoms with Crippen LogP contribution in [0.1, 0.15) is 53.0 Å². The maximum absolute atomic E-state index is 12.1. The Kier molecular flexibility index (Phi) is 6.62. The molecular weight excluding hydrogens is 288 g/mol. The second kappa shape index (κ2) is 8.01. The molecule has 4 heteroatoms. The van der Waals surface area contributed by atoms with Gasteiger partial charge < -0.3 is 9.64 Å². The topological polar surface area (TPSA) is 53.3 Å². The van der Waals surface area contributed by atoms with Crippen LogP contribution >= 0.6 is 0 Å². The van der Waals surface area contributed by atoms with Gasteiger partial charge in [0.05, 0.1) is 11.5 Å². The molecule has 0 unspecified atom stereocenters. The van der Waals surface area contributed by atoms with E-state index in [0.29, 0.717) is 25.9 Å². The van der Waals surface area contributed by atoms with Crippen LogP contribution < -0.4 is 0 Å². The first-order valence-corrected chi connectivity index (χ1v) is 8.31. The number of benzene rings is 1. The third-order valence-electron chi connectivity index (χ3n) is 3.81. The molecule has 126 valence electrons. The SMILES string of the molecule is CC.CC(C)(C)OC(=O)N1CCC(C#N)(c2ccccc2)CC1. The Bertz CT molecular complexity index is 533. The summed E-state index contributed by atoms with van der Waals surface area (Å²) >= 11 is 0. The smallest absolute Gasteiger partial charge is 0.410 e. The molecule has 1 aromatic rings. The van der Waals surface area contributed by atoms with Crippen molar-refractivity contribution in [2.75, 3.05) is 13.1 Å². The number of rotatable bonds is 1. The van der Waals surface area contributed by atoms with Crippen molar-refractivity contribution in [1.29, 1.82) is 5.26 Å². The number of nitrogens with zero attached hydrogens (tertiary/aromatic N) is 2. The van der Waals surface area contributed by atoms with Crippen LogP contribution in [-0.2, 0) is 10.2 Å². The van der Waals surface area contributed by atoms with Crippen molar-refractivity contribution in [1.82, 2.24) is 4.90 Å². The number of carbonyl (C=O) groups is 1. The Balaban J connectivity index is 0.00000127. The van der Waals surface area contributed by atoms with Crippen LogP contribution in [0.4, 0.5) is 4.79 Å². The van der Waals surface area contributed by atoms with Gasteiger partial charge in [-0.1, -0.05) is 44.2 Å². The van der Waals surface area contributed by atoms with Gasteiger partial charge in [0.1, 0.15) is 5.60 Å². The molecule has 1 heterocycles. The molecule has 1 saturated heterocycles. The van der Waals surface area contributed by atoms with Gasteiger partial charge in [0.2, 0.25) is 0 Å². The Morgan fingerprint density at radius 3 is 2.13 bits per heavy atom. The van der Waals surface area contributed by atoms with E-state index < -0.39 is 11.0 Å². The third-order valence-corrected chi connectivity index (χ3v) is 3.81. The molecule has 0 saturated carbocycles. The van der Waals surface area contributed by atoms with Gasteiger partial charge in [0.25, 0.3) is 0 Å². The molecule has 1 amide bonds. The van der Waals surface area contributed by atoms with E-state index in [4.69, 9.17) is 4.74 Å². The summed E-state index contributed by atoms with van der Waals surface area (Å²) in [5, 5.41) is 9.62. The van der Waals surface area contributed by atoms with E-state index in [1.54, 1.807) is 4.90 Å². The average Bonchev–Trinajstić information content (AvgIpc) is 2.56. The van der Waals surface area contributed by atoms with Crippen molar-refractivity contribution >= 4 is 6.09 Å². The lowest BCUT2D eigenvalue weighted by atomic mass is 9.74. The molecule has 0 aliphatic carbocycles. The van der Waals surface area contributed by atoms with Gasteiger partial charge in [-0.05, 0) is 39.2 Å². The zero-order valence-corrected chi connectivity index (χ0v) is 14.9. The van der Waals surface area contributed by atoms with E-state index in [1.165, 1.54) is 0 Å². The van der Waals surface area contributed by atoms with Crippen molar-refractivity contribution < 1.29 is 9.53 Å².